The van der Waals surface area contributed by atoms with Gasteiger partial charge < -0.3 is 15.1 Å². The molecule has 0 bridgehead atoms. The summed E-state index contributed by atoms with van der Waals surface area (Å²) in [5, 5.41) is 11.2. The zero-order valence-electron chi connectivity index (χ0n) is 11.3. The molecule has 3 heterocycles. The number of fused-ring (bicyclic) bond motifs is 1. The Balaban J connectivity index is 1.98. The van der Waals surface area contributed by atoms with E-state index in [0.29, 0.717) is 5.95 Å². The van der Waals surface area contributed by atoms with E-state index in [1.807, 2.05) is 6.92 Å². The zero-order chi connectivity index (χ0) is 13.2. The molecule has 7 heteroatoms. The van der Waals surface area contributed by atoms with E-state index in [-0.39, 0.29) is 0 Å². The number of hydrogen-bond donors (Lipinski definition) is 2. The number of nitrogens with one attached hydrogen (secondary N) is 2. The summed E-state index contributed by atoms with van der Waals surface area (Å²) in [6.45, 7) is 6.93. The fraction of sp³-hybridized carbons (Fsp3) is 0.583. The van der Waals surface area contributed by atoms with Gasteiger partial charge in [0.1, 0.15) is 5.82 Å². The summed E-state index contributed by atoms with van der Waals surface area (Å²) < 4.78 is 0. The minimum Gasteiger partial charge on any atom is -0.354 e. The highest BCUT2D eigenvalue weighted by molar-refractivity contribution is 5.87. The molecule has 0 aliphatic carbocycles. The van der Waals surface area contributed by atoms with Crippen LogP contribution in [0.25, 0.3) is 11.0 Å². The fourth-order valence-electron chi connectivity index (χ4n) is 2.32. The van der Waals surface area contributed by atoms with Crippen LogP contribution in [-0.2, 0) is 0 Å². The third-order valence-electron chi connectivity index (χ3n) is 3.43. The summed E-state index contributed by atoms with van der Waals surface area (Å²) in [7, 11) is 2.15. The molecule has 2 aromatic rings. The fourth-order valence-corrected chi connectivity index (χ4v) is 2.32. The van der Waals surface area contributed by atoms with Gasteiger partial charge in [0, 0.05) is 32.7 Å². The first-order valence-corrected chi connectivity index (χ1v) is 6.66. The summed E-state index contributed by atoms with van der Waals surface area (Å²) in [5.74, 6) is 1.64. The molecule has 1 aliphatic heterocycles. The maximum Gasteiger partial charge on any atom is 0.226 e. The first-order valence-electron chi connectivity index (χ1n) is 6.66. The van der Waals surface area contributed by atoms with E-state index >= 15 is 0 Å². The normalized spacial score (nSPS) is 17.1. The Hall–Kier alpha value is -1.89. The van der Waals surface area contributed by atoms with Crippen LogP contribution >= 0.6 is 0 Å². The second kappa shape index (κ2) is 5.00. The third kappa shape index (κ3) is 2.33. The Kier molecular flexibility index (Phi) is 3.20. The van der Waals surface area contributed by atoms with Gasteiger partial charge in [0.25, 0.3) is 0 Å². The maximum absolute atomic E-state index is 4.64. The van der Waals surface area contributed by atoms with Gasteiger partial charge in [-0.1, -0.05) is 0 Å². The minimum atomic E-state index is 0.660. The lowest BCUT2D eigenvalue weighted by Crippen LogP contribution is -2.45. The predicted octanol–water partition coefficient (Wildman–Crippen LogP) is 0.536. The Morgan fingerprint density at radius 1 is 1.26 bits per heavy atom. The van der Waals surface area contributed by atoms with E-state index in [0.717, 1.165) is 49.6 Å². The summed E-state index contributed by atoms with van der Waals surface area (Å²) in [6.07, 6.45) is 1.80. The van der Waals surface area contributed by atoms with E-state index in [4.69, 9.17) is 0 Å². The van der Waals surface area contributed by atoms with Crippen molar-refractivity contribution in [1.29, 1.82) is 0 Å². The maximum atomic E-state index is 4.64. The summed E-state index contributed by atoms with van der Waals surface area (Å²) in [4.78, 5) is 13.7. The van der Waals surface area contributed by atoms with Gasteiger partial charge in [-0.15, -0.1) is 0 Å². The molecule has 0 atom stereocenters. The van der Waals surface area contributed by atoms with Gasteiger partial charge in [-0.2, -0.15) is 15.1 Å². The Morgan fingerprint density at radius 2 is 2.05 bits per heavy atom. The smallest absolute Gasteiger partial charge is 0.226 e. The number of aromatic amines is 1. The van der Waals surface area contributed by atoms with Crippen LogP contribution in [0.2, 0.25) is 0 Å². The number of nitrogens with zero attached hydrogens (tertiary/aromatic N) is 5. The highest BCUT2D eigenvalue weighted by Gasteiger charge is 2.19. The minimum absolute atomic E-state index is 0.660. The zero-order valence-corrected chi connectivity index (χ0v) is 11.3. The van der Waals surface area contributed by atoms with Gasteiger partial charge in [0.05, 0.1) is 11.6 Å². The van der Waals surface area contributed by atoms with Crippen molar-refractivity contribution in [2.45, 2.75) is 6.92 Å². The Bertz CT molecular complexity index is 556. The van der Waals surface area contributed by atoms with Crippen molar-refractivity contribution in [3.05, 3.63) is 6.20 Å². The lowest BCUT2D eigenvalue weighted by molar-refractivity contribution is 0.312. The van der Waals surface area contributed by atoms with E-state index in [1.165, 1.54) is 0 Å². The molecule has 0 aromatic carbocycles. The Morgan fingerprint density at radius 3 is 2.79 bits per heavy atom. The number of aromatic nitrogens is 4. The largest absolute Gasteiger partial charge is 0.354 e. The number of H-pyrrole nitrogens is 1. The number of hydrogen-bond acceptors (Lipinski definition) is 6. The average molecular weight is 261 g/mol. The third-order valence-corrected chi connectivity index (χ3v) is 3.43. The molecule has 1 fully saturated rings. The van der Waals surface area contributed by atoms with Crippen LogP contribution in [0.1, 0.15) is 6.92 Å². The van der Waals surface area contributed by atoms with Crippen molar-refractivity contribution < 1.29 is 0 Å². The highest BCUT2D eigenvalue weighted by Crippen LogP contribution is 2.24. The molecule has 0 spiro atoms. The van der Waals surface area contributed by atoms with Crippen molar-refractivity contribution >= 4 is 22.8 Å². The van der Waals surface area contributed by atoms with Gasteiger partial charge in [-0.25, -0.2) is 0 Å². The molecular weight excluding hydrogens is 242 g/mol. The molecule has 0 radical (unpaired) electrons. The number of anilines is 2. The highest BCUT2D eigenvalue weighted by atomic mass is 15.3. The van der Waals surface area contributed by atoms with Crippen LogP contribution in [0.4, 0.5) is 11.8 Å². The first-order chi connectivity index (χ1) is 9.28. The average Bonchev–Trinajstić information content (AvgIpc) is 2.87. The van der Waals surface area contributed by atoms with Gasteiger partial charge in [0.15, 0.2) is 5.65 Å². The van der Waals surface area contributed by atoms with Crippen LogP contribution in [0.3, 0.4) is 0 Å². The van der Waals surface area contributed by atoms with Crippen molar-refractivity contribution in [3.63, 3.8) is 0 Å². The van der Waals surface area contributed by atoms with E-state index in [2.05, 4.69) is 42.3 Å². The second-order valence-electron chi connectivity index (χ2n) is 4.82. The summed E-state index contributed by atoms with van der Waals surface area (Å²) in [6, 6.07) is 0. The first kappa shape index (κ1) is 12.2. The van der Waals surface area contributed by atoms with Crippen molar-refractivity contribution in [1.82, 2.24) is 25.1 Å². The van der Waals surface area contributed by atoms with Gasteiger partial charge in [-0.05, 0) is 14.0 Å². The van der Waals surface area contributed by atoms with E-state index < -0.39 is 0 Å². The molecule has 3 rings (SSSR count). The van der Waals surface area contributed by atoms with Gasteiger partial charge in [-0.3, -0.25) is 5.10 Å². The molecule has 2 N–H and O–H groups in total. The number of rotatable bonds is 3. The van der Waals surface area contributed by atoms with Crippen LogP contribution in [0.15, 0.2) is 6.20 Å². The molecular formula is C12H19N7. The molecule has 102 valence electrons. The number of piperazine rings is 1. The quantitative estimate of drug-likeness (QED) is 0.840. The predicted molar refractivity (Wildman–Crippen MR) is 75.6 cm³/mol. The topological polar surface area (TPSA) is 73.0 Å². The SMILES string of the molecule is CCNc1nc(N2CCN(C)CC2)c2cn[nH]c2n1. The molecule has 0 saturated carbocycles. The van der Waals surface area contributed by atoms with Crippen LogP contribution < -0.4 is 10.2 Å². The van der Waals surface area contributed by atoms with Crippen molar-refractivity contribution in [2.75, 3.05) is 50.0 Å². The lowest BCUT2D eigenvalue weighted by Gasteiger charge is -2.33. The van der Waals surface area contributed by atoms with Crippen LogP contribution in [0.5, 0.6) is 0 Å². The van der Waals surface area contributed by atoms with Crippen molar-refractivity contribution in [2.24, 2.45) is 0 Å². The lowest BCUT2D eigenvalue weighted by atomic mass is 10.3. The standard InChI is InChI=1S/C12H19N7/c1-3-13-12-15-10-9(8-14-17-10)11(16-12)19-6-4-18(2)5-7-19/h8H,3-7H2,1-2H3,(H2,13,14,15,16,17). The van der Waals surface area contributed by atoms with Crippen LogP contribution in [-0.4, -0.2) is 64.8 Å². The molecule has 1 saturated heterocycles. The van der Waals surface area contributed by atoms with Crippen molar-refractivity contribution in [3.8, 4) is 0 Å². The Labute approximate surface area is 112 Å². The van der Waals surface area contributed by atoms with E-state index in [1.54, 1.807) is 6.20 Å². The molecule has 19 heavy (non-hydrogen) atoms. The molecule has 7 nitrogen and oxygen atoms in total. The molecule has 0 amide bonds. The van der Waals surface area contributed by atoms with Crippen LogP contribution in [0, 0.1) is 0 Å². The molecule has 1 aliphatic rings. The summed E-state index contributed by atoms with van der Waals surface area (Å²) >= 11 is 0. The second-order valence-corrected chi connectivity index (χ2v) is 4.82. The van der Waals surface area contributed by atoms with E-state index in [9.17, 15) is 0 Å². The molecule has 0 unspecified atom stereocenters. The molecule has 2 aromatic heterocycles. The number of likely N-dealkylation sites (N-methyl/N-ethyl adjacent to an activating group) is 1. The monoisotopic (exact) mass is 261 g/mol. The summed E-state index contributed by atoms with van der Waals surface area (Å²) in [5.41, 5.74) is 0.792. The van der Waals surface area contributed by atoms with Gasteiger partial charge >= 0.3 is 0 Å². The van der Waals surface area contributed by atoms with Gasteiger partial charge in [0.2, 0.25) is 5.95 Å².